The van der Waals surface area contributed by atoms with Crippen molar-refractivity contribution < 1.29 is 18.9 Å². The van der Waals surface area contributed by atoms with Crippen molar-refractivity contribution in [1.29, 1.82) is 0 Å². The molecule has 0 aromatic carbocycles. The second-order valence-electron chi connectivity index (χ2n) is 5.55. The topological polar surface area (TPSA) is 36.9 Å². The maximum atomic E-state index is 5.85. The van der Waals surface area contributed by atoms with Crippen LogP contribution in [0.5, 0.6) is 0 Å². The van der Waals surface area contributed by atoms with Crippen molar-refractivity contribution in [2.75, 3.05) is 13.2 Å². The minimum atomic E-state index is -0.513. The van der Waals surface area contributed by atoms with E-state index in [4.69, 9.17) is 18.9 Å². The molecule has 0 radical (unpaired) electrons. The molecule has 98 valence electrons. The lowest BCUT2D eigenvalue weighted by atomic mass is 9.97. The monoisotopic (exact) mass is 242 g/mol. The van der Waals surface area contributed by atoms with Gasteiger partial charge in [-0.15, -0.1) is 6.58 Å². The first-order valence-electron chi connectivity index (χ1n) is 6.09. The molecule has 0 unspecified atom stereocenters. The van der Waals surface area contributed by atoms with Gasteiger partial charge in [0.05, 0.1) is 25.4 Å². The van der Waals surface area contributed by atoms with E-state index < -0.39 is 11.6 Å². The molecule has 2 aliphatic heterocycles. The molecule has 2 fully saturated rings. The number of hydrogen-bond acceptors (Lipinski definition) is 4. The minimum absolute atomic E-state index is 0.00926. The van der Waals surface area contributed by atoms with Crippen LogP contribution in [0.3, 0.4) is 0 Å². The second kappa shape index (κ2) is 4.35. The Balaban J connectivity index is 2.01. The van der Waals surface area contributed by atoms with Gasteiger partial charge < -0.3 is 18.9 Å². The molecule has 0 aromatic rings. The predicted octanol–water partition coefficient (Wildman–Crippen LogP) is 2.09. The van der Waals surface area contributed by atoms with Gasteiger partial charge in [0.1, 0.15) is 0 Å². The lowest BCUT2D eigenvalue weighted by molar-refractivity contribution is -0.161. The van der Waals surface area contributed by atoms with Gasteiger partial charge in [-0.3, -0.25) is 0 Å². The minimum Gasteiger partial charge on any atom is -0.348 e. The molecule has 2 saturated heterocycles. The summed E-state index contributed by atoms with van der Waals surface area (Å²) in [4.78, 5) is 0. The largest absolute Gasteiger partial charge is 0.348 e. The fourth-order valence-electron chi connectivity index (χ4n) is 2.35. The van der Waals surface area contributed by atoms with E-state index in [9.17, 15) is 0 Å². The molecule has 2 atom stereocenters. The molecule has 2 rings (SSSR count). The number of ether oxygens (including phenoxy) is 4. The lowest BCUT2D eigenvalue weighted by Crippen LogP contribution is -2.35. The molecule has 4 heteroatoms. The van der Waals surface area contributed by atoms with Gasteiger partial charge in [0.25, 0.3) is 0 Å². The molecule has 2 heterocycles. The molecule has 0 bridgehead atoms. The van der Waals surface area contributed by atoms with Crippen molar-refractivity contribution in [2.24, 2.45) is 5.92 Å². The van der Waals surface area contributed by atoms with E-state index in [0.717, 1.165) is 0 Å². The van der Waals surface area contributed by atoms with Crippen LogP contribution in [-0.4, -0.2) is 37.0 Å². The van der Waals surface area contributed by atoms with Crippen molar-refractivity contribution in [3.8, 4) is 0 Å². The van der Waals surface area contributed by atoms with Crippen molar-refractivity contribution in [2.45, 2.75) is 51.5 Å². The van der Waals surface area contributed by atoms with Gasteiger partial charge in [-0.05, 0) is 27.7 Å². The summed E-state index contributed by atoms with van der Waals surface area (Å²) in [5.74, 6) is -0.930. The summed E-state index contributed by atoms with van der Waals surface area (Å²) >= 11 is 0. The highest BCUT2D eigenvalue weighted by atomic mass is 16.8. The van der Waals surface area contributed by atoms with Crippen LogP contribution in [0.15, 0.2) is 12.7 Å². The number of hydrogen-bond donors (Lipinski definition) is 0. The zero-order chi connectivity index (χ0) is 12.7. The molecule has 0 saturated carbocycles. The van der Waals surface area contributed by atoms with Gasteiger partial charge in [0, 0.05) is 5.92 Å². The highest BCUT2D eigenvalue weighted by Gasteiger charge is 2.44. The van der Waals surface area contributed by atoms with Crippen LogP contribution < -0.4 is 0 Å². The zero-order valence-corrected chi connectivity index (χ0v) is 11.1. The molecule has 0 amide bonds. The normalized spacial score (nSPS) is 35.4. The maximum absolute atomic E-state index is 5.85. The Morgan fingerprint density at radius 2 is 1.41 bits per heavy atom. The van der Waals surface area contributed by atoms with Gasteiger partial charge in [0.15, 0.2) is 11.6 Å². The van der Waals surface area contributed by atoms with Crippen LogP contribution in [-0.2, 0) is 18.9 Å². The SMILES string of the molecule is C=CC([C@H]1COC(C)(C)O1)[C@H]1COC(C)(C)O1. The highest BCUT2D eigenvalue weighted by Crippen LogP contribution is 2.34. The van der Waals surface area contributed by atoms with Gasteiger partial charge in [-0.1, -0.05) is 6.08 Å². The molecule has 0 aromatic heterocycles. The van der Waals surface area contributed by atoms with Gasteiger partial charge in [0.2, 0.25) is 0 Å². The smallest absolute Gasteiger partial charge is 0.163 e. The van der Waals surface area contributed by atoms with Crippen molar-refractivity contribution >= 4 is 0 Å². The van der Waals surface area contributed by atoms with Crippen LogP contribution in [0.1, 0.15) is 27.7 Å². The first-order valence-corrected chi connectivity index (χ1v) is 6.09. The van der Waals surface area contributed by atoms with Crippen molar-refractivity contribution in [1.82, 2.24) is 0 Å². The summed E-state index contributed by atoms with van der Waals surface area (Å²) in [5.41, 5.74) is 0. The highest BCUT2D eigenvalue weighted by molar-refractivity contribution is 4.96. The summed E-state index contributed by atoms with van der Waals surface area (Å²) in [7, 11) is 0. The van der Waals surface area contributed by atoms with E-state index in [1.165, 1.54) is 0 Å². The van der Waals surface area contributed by atoms with Crippen molar-refractivity contribution in [3.63, 3.8) is 0 Å². The summed E-state index contributed by atoms with van der Waals surface area (Å²) in [6.45, 7) is 12.7. The van der Waals surface area contributed by atoms with Gasteiger partial charge in [-0.25, -0.2) is 0 Å². The van der Waals surface area contributed by atoms with Crippen LogP contribution in [0.4, 0.5) is 0 Å². The molecule has 4 nitrogen and oxygen atoms in total. The fourth-order valence-corrected chi connectivity index (χ4v) is 2.35. The molecular formula is C13H22O4. The van der Waals surface area contributed by atoms with E-state index in [1.54, 1.807) is 0 Å². The Morgan fingerprint density at radius 3 is 1.65 bits per heavy atom. The molecule has 0 N–H and O–H groups in total. The summed E-state index contributed by atoms with van der Waals surface area (Å²) in [5, 5.41) is 0. The third-order valence-corrected chi connectivity index (χ3v) is 3.19. The van der Waals surface area contributed by atoms with Gasteiger partial charge in [-0.2, -0.15) is 0 Å². The Hall–Kier alpha value is -0.420. The average molecular weight is 242 g/mol. The molecule has 2 aliphatic rings. The Morgan fingerprint density at radius 1 is 1.00 bits per heavy atom. The van der Waals surface area contributed by atoms with Crippen LogP contribution >= 0.6 is 0 Å². The Kier molecular flexibility index (Phi) is 3.34. The third kappa shape index (κ3) is 2.88. The first kappa shape index (κ1) is 13.0. The van der Waals surface area contributed by atoms with Crippen molar-refractivity contribution in [3.05, 3.63) is 12.7 Å². The van der Waals surface area contributed by atoms with E-state index in [-0.39, 0.29) is 18.1 Å². The summed E-state index contributed by atoms with van der Waals surface area (Å²) in [6.07, 6.45) is 1.86. The average Bonchev–Trinajstić information content (AvgIpc) is 2.72. The quantitative estimate of drug-likeness (QED) is 0.710. The second-order valence-corrected chi connectivity index (χ2v) is 5.55. The zero-order valence-electron chi connectivity index (χ0n) is 11.1. The summed E-state index contributed by atoms with van der Waals surface area (Å²) < 4.78 is 22.9. The number of rotatable bonds is 3. The van der Waals surface area contributed by atoms with E-state index in [1.807, 2.05) is 33.8 Å². The van der Waals surface area contributed by atoms with E-state index in [2.05, 4.69) is 6.58 Å². The standard InChI is InChI=1S/C13H22O4/c1-6-9(10-7-14-12(2,3)16-10)11-8-15-13(4,5)17-11/h6,9-11H,1,7-8H2,2-5H3/t10-,11-/m1/s1. The maximum Gasteiger partial charge on any atom is 0.163 e. The lowest BCUT2D eigenvalue weighted by Gasteiger charge is -2.26. The Labute approximate surface area is 103 Å². The molecule has 17 heavy (non-hydrogen) atoms. The van der Waals surface area contributed by atoms with Crippen LogP contribution in [0.2, 0.25) is 0 Å². The van der Waals surface area contributed by atoms with Crippen LogP contribution in [0.25, 0.3) is 0 Å². The van der Waals surface area contributed by atoms with E-state index >= 15 is 0 Å². The predicted molar refractivity (Wildman–Crippen MR) is 63.5 cm³/mol. The van der Waals surface area contributed by atoms with E-state index in [0.29, 0.717) is 13.2 Å². The molecular weight excluding hydrogens is 220 g/mol. The summed E-state index contributed by atoms with van der Waals surface area (Å²) in [6, 6.07) is 0. The Bertz CT molecular complexity index is 272. The molecule has 0 spiro atoms. The molecule has 0 aliphatic carbocycles. The van der Waals surface area contributed by atoms with Crippen LogP contribution in [0, 0.1) is 5.92 Å². The van der Waals surface area contributed by atoms with Gasteiger partial charge >= 0.3 is 0 Å². The first-order chi connectivity index (χ1) is 7.83. The fraction of sp³-hybridized carbons (Fsp3) is 0.846. The third-order valence-electron chi connectivity index (χ3n) is 3.19.